The van der Waals surface area contributed by atoms with Crippen molar-refractivity contribution in [3.8, 4) is 17.4 Å². The van der Waals surface area contributed by atoms with Crippen molar-refractivity contribution in [2.45, 2.75) is 18.9 Å². The molecule has 1 amide bonds. The molecule has 1 N–H and O–H groups in total. The predicted molar refractivity (Wildman–Crippen MR) is 83.9 cm³/mol. The molecule has 1 aromatic heterocycles. The molecule has 1 aliphatic carbocycles. The van der Waals surface area contributed by atoms with Crippen LogP contribution in [0.25, 0.3) is 17.4 Å². The largest absolute Gasteiger partial charge is 0.457 e. The number of carbonyl (C=O) groups excluding carboxylic acids is 1. The van der Waals surface area contributed by atoms with E-state index in [1.807, 2.05) is 18.2 Å². The predicted octanol–water partition coefficient (Wildman–Crippen LogP) is 3.79. The van der Waals surface area contributed by atoms with Gasteiger partial charge in [0.2, 0.25) is 0 Å². The maximum absolute atomic E-state index is 11.9. The summed E-state index contributed by atoms with van der Waals surface area (Å²) in [6.45, 7) is 0. The zero-order chi connectivity index (χ0) is 15.5. The number of halogens is 1. The van der Waals surface area contributed by atoms with Crippen LogP contribution in [0.5, 0.6) is 0 Å². The molecule has 0 radical (unpaired) electrons. The van der Waals surface area contributed by atoms with Gasteiger partial charge in [-0.25, -0.2) is 0 Å². The summed E-state index contributed by atoms with van der Waals surface area (Å²) in [6, 6.07) is 12.9. The minimum absolute atomic E-state index is 0.0453. The number of hydrogen-bond donors (Lipinski definition) is 1. The number of benzene rings is 1. The number of nitrogens with one attached hydrogen (secondary N) is 1. The molecular weight excluding hydrogens is 300 g/mol. The molecule has 0 aliphatic heterocycles. The van der Waals surface area contributed by atoms with Crippen molar-refractivity contribution in [3.05, 3.63) is 52.8 Å². The molecule has 4 nitrogen and oxygen atoms in total. The first-order valence-corrected chi connectivity index (χ1v) is 7.32. The maximum atomic E-state index is 11.9. The van der Waals surface area contributed by atoms with Gasteiger partial charge in [-0.3, -0.25) is 4.79 Å². The van der Waals surface area contributed by atoms with E-state index in [1.165, 1.54) is 6.08 Å². The monoisotopic (exact) mass is 312 g/mol. The van der Waals surface area contributed by atoms with Crippen LogP contribution >= 0.6 is 11.6 Å². The zero-order valence-electron chi connectivity index (χ0n) is 11.7. The molecule has 1 saturated carbocycles. The smallest absolute Gasteiger partial charge is 0.262 e. The molecule has 2 aromatic rings. The van der Waals surface area contributed by atoms with Gasteiger partial charge in [0.05, 0.1) is 0 Å². The van der Waals surface area contributed by atoms with Gasteiger partial charge in [-0.2, -0.15) is 5.26 Å². The van der Waals surface area contributed by atoms with Crippen LogP contribution < -0.4 is 5.32 Å². The number of furan rings is 1. The summed E-state index contributed by atoms with van der Waals surface area (Å²) in [5, 5.41) is 12.5. The second kappa shape index (κ2) is 6.08. The number of hydrogen-bond acceptors (Lipinski definition) is 3. The summed E-state index contributed by atoms with van der Waals surface area (Å²) in [5.41, 5.74) is 0.925. The van der Waals surface area contributed by atoms with E-state index in [0.717, 1.165) is 18.4 Å². The average Bonchev–Trinajstić information content (AvgIpc) is 3.21. The summed E-state index contributed by atoms with van der Waals surface area (Å²) in [6.07, 6.45) is 3.41. The van der Waals surface area contributed by atoms with E-state index in [0.29, 0.717) is 16.5 Å². The van der Waals surface area contributed by atoms with Crippen LogP contribution in [0.3, 0.4) is 0 Å². The third-order valence-corrected chi connectivity index (χ3v) is 3.57. The molecule has 1 fully saturated rings. The molecule has 0 unspecified atom stereocenters. The van der Waals surface area contributed by atoms with Crippen molar-refractivity contribution in [2.24, 2.45) is 0 Å². The van der Waals surface area contributed by atoms with Crippen molar-refractivity contribution in [1.29, 1.82) is 5.26 Å². The first kappa shape index (κ1) is 14.4. The highest BCUT2D eigenvalue weighted by atomic mass is 35.5. The number of amides is 1. The van der Waals surface area contributed by atoms with Crippen LogP contribution in [0, 0.1) is 11.3 Å². The fourth-order valence-corrected chi connectivity index (χ4v) is 2.11. The number of carbonyl (C=O) groups is 1. The first-order valence-electron chi connectivity index (χ1n) is 6.94. The Hall–Kier alpha value is -2.51. The second-order valence-electron chi connectivity index (χ2n) is 5.13. The fourth-order valence-electron chi connectivity index (χ4n) is 1.98. The van der Waals surface area contributed by atoms with Crippen LogP contribution in [0.2, 0.25) is 5.02 Å². The van der Waals surface area contributed by atoms with Crippen molar-refractivity contribution >= 4 is 23.6 Å². The van der Waals surface area contributed by atoms with E-state index in [1.54, 1.807) is 24.3 Å². The number of nitrogens with zero attached hydrogens (tertiary/aromatic N) is 1. The van der Waals surface area contributed by atoms with Gasteiger partial charge >= 0.3 is 0 Å². The van der Waals surface area contributed by atoms with Gasteiger partial charge in [0.25, 0.3) is 5.91 Å². The van der Waals surface area contributed by atoms with Gasteiger partial charge in [0.15, 0.2) is 0 Å². The molecule has 3 rings (SSSR count). The minimum atomic E-state index is -0.352. The van der Waals surface area contributed by atoms with E-state index in [-0.39, 0.29) is 17.5 Å². The summed E-state index contributed by atoms with van der Waals surface area (Å²) in [7, 11) is 0. The standard InChI is InChI=1S/C17H13ClN2O2/c18-13-3-1-11(2-4-13)16-8-7-15(22-16)9-12(10-19)17(21)20-14-5-6-14/h1-4,7-9,14H,5-6H2,(H,20,21). The van der Waals surface area contributed by atoms with Gasteiger partial charge in [0, 0.05) is 22.7 Å². The molecule has 0 bridgehead atoms. The Morgan fingerprint density at radius 2 is 2.00 bits per heavy atom. The fraction of sp³-hybridized carbons (Fsp3) is 0.176. The van der Waals surface area contributed by atoms with Gasteiger partial charge in [-0.1, -0.05) is 11.6 Å². The molecule has 0 spiro atoms. The summed E-state index contributed by atoms with van der Waals surface area (Å²) >= 11 is 5.85. The van der Waals surface area contributed by atoms with E-state index < -0.39 is 0 Å². The third-order valence-electron chi connectivity index (χ3n) is 3.32. The molecule has 1 heterocycles. The Labute approximate surface area is 133 Å². The SMILES string of the molecule is N#CC(=Cc1ccc(-c2ccc(Cl)cc2)o1)C(=O)NC1CC1. The van der Waals surface area contributed by atoms with Gasteiger partial charge < -0.3 is 9.73 Å². The van der Waals surface area contributed by atoms with Crippen LogP contribution in [0.4, 0.5) is 0 Å². The Bertz CT molecular complexity index is 765. The third kappa shape index (κ3) is 3.38. The topological polar surface area (TPSA) is 66.0 Å². The molecule has 22 heavy (non-hydrogen) atoms. The van der Waals surface area contributed by atoms with Crippen molar-refractivity contribution in [3.63, 3.8) is 0 Å². The van der Waals surface area contributed by atoms with Crippen molar-refractivity contribution < 1.29 is 9.21 Å². The molecule has 0 saturated heterocycles. The lowest BCUT2D eigenvalue weighted by atomic mass is 10.2. The van der Waals surface area contributed by atoms with Crippen molar-refractivity contribution in [2.75, 3.05) is 0 Å². The van der Waals surface area contributed by atoms with Gasteiger partial charge in [-0.05, 0) is 49.2 Å². The maximum Gasteiger partial charge on any atom is 0.262 e. The van der Waals surface area contributed by atoms with E-state index >= 15 is 0 Å². The highest BCUT2D eigenvalue weighted by molar-refractivity contribution is 6.30. The van der Waals surface area contributed by atoms with E-state index in [4.69, 9.17) is 21.3 Å². The summed E-state index contributed by atoms with van der Waals surface area (Å²) in [4.78, 5) is 11.9. The van der Waals surface area contributed by atoms with Crippen LogP contribution in [0.15, 0.2) is 46.4 Å². The van der Waals surface area contributed by atoms with E-state index in [9.17, 15) is 4.79 Å². The number of rotatable bonds is 4. The Kier molecular flexibility index (Phi) is 3.99. The average molecular weight is 313 g/mol. The molecule has 0 atom stereocenters. The van der Waals surface area contributed by atoms with Gasteiger partial charge in [-0.15, -0.1) is 0 Å². The molecule has 110 valence electrons. The van der Waals surface area contributed by atoms with E-state index in [2.05, 4.69) is 5.32 Å². The first-order chi connectivity index (χ1) is 10.7. The van der Waals surface area contributed by atoms with Crippen LogP contribution in [0.1, 0.15) is 18.6 Å². The zero-order valence-corrected chi connectivity index (χ0v) is 12.4. The van der Waals surface area contributed by atoms with Crippen LogP contribution in [-0.2, 0) is 4.79 Å². The highest BCUT2D eigenvalue weighted by Gasteiger charge is 2.24. The number of nitriles is 1. The van der Waals surface area contributed by atoms with Gasteiger partial charge in [0.1, 0.15) is 23.2 Å². The summed E-state index contributed by atoms with van der Waals surface area (Å²) < 4.78 is 5.66. The molecule has 1 aromatic carbocycles. The second-order valence-corrected chi connectivity index (χ2v) is 5.56. The Morgan fingerprint density at radius 1 is 1.27 bits per heavy atom. The normalized spacial score (nSPS) is 14.5. The lowest BCUT2D eigenvalue weighted by Gasteiger charge is -2.00. The molecule has 1 aliphatic rings. The molecular formula is C17H13ClN2O2. The molecule has 5 heteroatoms. The highest BCUT2D eigenvalue weighted by Crippen LogP contribution is 2.25. The minimum Gasteiger partial charge on any atom is -0.457 e. The lowest BCUT2D eigenvalue weighted by Crippen LogP contribution is -2.26. The quantitative estimate of drug-likeness (QED) is 0.690. The van der Waals surface area contributed by atoms with Crippen LogP contribution in [-0.4, -0.2) is 11.9 Å². The lowest BCUT2D eigenvalue weighted by molar-refractivity contribution is -0.117. The van der Waals surface area contributed by atoms with Crippen molar-refractivity contribution in [1.82, 2.24) is 5.32 Å². The Morgan fingerprint density at radius 3 is 2.64 bits per heavy atom. The Balaban J connectivity index is 1.80. The summed E-state index contributed by atoms with van der Waals surface area (Å²) in [5.74, 6) is 0.768.